The van der Waals surface area contributed by atoms with E-state index in [1.165, 1.54) is 0 Å². The van der Waals surface area contributed by atoms with E-state index in [1.807, 2.05) is 0 Å². The highest BCUT2D eigenvalue weighted by Crippen LogP contribution is 2.26. The molecule has 0 saturated carbocycles. The Morgan fingerprint density at radius 1 is 0.351 bits per heavy atom. The summed E-state index contributed by atoms with van der Waals surface area (Å²) in [6.07, 6.45) is -1.75. The minimum Gasteiger partial charge on any atom is -0.377 e. The minimum atomic E-state index is -1.61. The summed E-state index contributed by atoms with van der Waals surface area (Å²) in [5.74, 6) is -10.7. The van der Waals surface area contributed by atoms with Crippen molar-refractivity contribution in [3.63, 3.8) is 0 Å². The lowest BCUT2D eigenvalue weighted by Gasteiger charge is -2.25. The molecule has 0 bridgehead atoms. The quantitative estimate of drug-likeness (QED) is 0.0254. The lowest BCUT2D eigenvalue weighted by Crippen LogP contribution is -2.53. The second kappa shape index (κ2) is 51.1. The number of rotatable bonds is 60. The van der Waals surface area contributed by atoms with Crippen LogP contribution in [0.5, 0.6) is 0 Å². The average Bonchev–Trinajstić information content (AvgIpc) is 1.03. The molecule has 0 fully saturated rings. The molecule has 0 heterocycles. The predicted molar refractivity (Wildman–Crippen MR) is 356 cm³/mol. The van der Waals surface area contributed by atoms with E-state index >= 15 is 0 Å². The van der Waals surface area contributed by atoms with Crippen molar-refractivity contribution in [2.24, 2.45) is 23.7 Å². The Bertz CT molecular complexity index is 2540. The van der Waals surface area contributed by atoms with Crippen LogP contribution in [0.25, 0.3) is 0 Å². The zero-order valence-corrected chi connectivity index (χ0v) is 58.6. The largest absolute Gasteiger partial charge is 0.377 e. The molecule has 0 rings (SSSR count). The summed E-state index contributed by atoms with van der Waals surface area (Å²) in [5, 5.41) is 13.2. The first-order chi connectivity index (χ1) is 44.5. The van der Waals surface area contributed by atoms with Crippen molar-refractivity contribution in [2.75, 3.05) is 45.8 Å². The molecule has 94 heavy (non-hydrogen) atoms. The number of carbonyl (C=O) groups excluding carboxylic acids is 17. The van der Waals surface area contributed by atoms with Crippen molar-refractivity contribution in [1.29, 1.82) is 0 Å². The summed E-state index contributed by atoms with van der Waals surface area (Å²) in [6, 6.07) is -5.23. The van der Waals surface area contributed by atoms with Crippen LogP contribution in [0, 0.1) is 23.7 Å². The lowest BCUT2D eigenvalue weighted by atomic mass is 9.86. The molecule has 0 aromatic rings. The molecule has 0 aromatic heterocycles. The lowest BCUT2D eigenvalue weighted by molar-refractivity contribution is -0.136. The second-order valence-electron chi connectivity index (χ2n) is 24.1. The highest BCUT2D eigenvalue weighted by atomic mass is 31.1. The Kier molecular flexibility index (Phi) is 47.8. The molecular formula is C68H109BN5O19P. The van der Waals surface area contributed by atoms with Gasteiger partial charge in [-0.1, -0.05) is 69.0 Å². The molecule has 0 aliphatic rings. The van der Waals surface area contributed by atoms with Crippen LogP contribution >= 0.6 is 7.80 Å². The van der Waals surface area contributed by atoms with Crippen LogP contribution in [-0.2, 0) is 91.0 Å². The molecule has 0 aliphatic carbocycles. The third kappa shape index (κ3) is 39.6. The van der Waals surface area contributed by atoms with Gasteiger partial charge in [0.15, 0.2) is 23.1 Å². The number of Topliss-reactive ketones (excluding diaryl/α,β-unsaturated/α-hetero) is 12. The molecule has 5 amide bonds. The molecule has 0 aliphatic heterocycles. The third-order valence-electron chi connectivity index (χ3n) is 16.5. The maximum Gasteiger partial charge on any atom is 0.243 e. The van der Waals surface area contributed by atoms with Crippen LogP contribution in [0.15, 0.2) is 0 Å². The van der Waals surface area contributed by atoms with Gasteiger partial charge in [-0.2, -0.15) is 7.80 Å². The van der Waals surface area contributed by atoms with E-state index in [2.05, 4.69) is 26.6 Å². The topological polar surface area (TPSA) is 369 Å². The summed E-state index contributed by atoms with van der Waals surface area (Å²) < 4.78 is 11.1. The summed E-state index contributed by atoms with van der Waals surface area (Å²) in [6.45, 7) is 16.1. The van der Waals surface area contributed by atoms with Gasteiger partial charge in [0.05, 0.1) is 37.9 Å². The zero-order chi connectivity index (χ0) is 71.3. The molecule has 0 saturated heterocycles. The standard InChI is InChI=1S/C68H109BN5O19P/c1-11-48(75)23-20-45(58(81)15-5)39-52(79)27-30-56(62(85)41-46(59(82)16-6)21-24-49(76)12-2)72-65(88)33-22-47(40-53(80)42-93-38-37-92-36-35-70-64(87)32-19-44(9)63(86)43-94(10)69)67(90)74-57(68(91)73-55(61(84)18-8)29-26-51(78)14-4)31-34-66(89)71-54(60(83)17-7)28-25-50(77)13-3/h44-47,54-57H,11-43H2,1-10H3,(H,70,87)(H,71,89)(H,72,88)(H,73,91)(H,74,90). The van der Waals surface area contributed by atoms with Crippen LogP contribution in [0.2, 0.25) is 0 Å². The molecule has 9 unspecified atom stereocenters. The van der Waals surface area contributed by atoms with Gasteiger partial charge < -0.3 is 36.1 Å². The van der Waals surface area contributed by atoms with Crippen molar-refractivity contribution in [3.8, 4) is 0 Å². The molecule has 26 heteroatoms. The maximum atomic E-state index is 14.7. The predicted octanol–water partition coefficient (Wildman–Crippen LogP) is 6.28. The third-order valence-corrected chi connectivity index (χ3v) is 17.3. The highest BCUT2D eigenvalue weighted by Gasteiger charge is 2.34. The van der Waals surface area contributed by atoms with Crippen LogP contribution in [0.1, 0.15) is 236 Å². The van der Waals surface area contributed by atoms with Crippen molar-refractivity contribution >= 4 is 114 Å². The van der Waals surface area contributed by atoms with E-state index in [4.69, 9.17) is 17.0 Å². The number of carbonyl (C=O) groups is 17. The summed E-state index contributed by atoms with van der Waals surface area (Å²) in [4.78, 5) is 224. The molecule has 0 aromatic carbocycles. The Morgan fingerprint density at radius 3 is 1.21 bits per heavy atom. The summed E-state index contributed by atoms with van der Waals surface area (Å²) in [7, 11) is 4.90. The van der Waals surface area contributed by atoms with Crippen molar-refractivity contribution < 1.29 is 91.0 Å². The molecule has 5 N–H and O–H groups in total. The van der Waals surface area contributed by atoms with Gasteiger partial charge >= 0.3 is 0 Å². The van der Waals surface area contributed by atoms with Crippen LogP contribution < -0.4 is 26.6 Å². The highest BCUT2D eigenvalue weighted by molar-refractivity contribution is 7.82. The zero-order valence-electron chi connectivity index (χ0n) is 57.7. The molecular weight excluding hydrogens is 1230 g/mol. The average molecular weight is 1340 g/mol. The number of hydrogen-bond acceptors (Lipinski definition) is 19. The Balaban J connectivity index is 7.16. The van der Waals surface area contributed by atoms with Crippen molar-refractivity contribution in [3.05, 3.63) is 0 Å². The smallest absolute Gasteiger partial charge is 0.243 e. The maximum absolute atomic E-state index is 14.7. The van der Waals surface area contributed by atoms with Gasteiger partial charge in [-0.15, -0.1) is 0 Å². The number of amides is 5. The van der Waals surface area contributed by atoms with Gasteiger partial charge in [0.25, 0.3) is 0 Å². The Hall–Kier alpha value is -6.20. The van der Waals surface area contributed by atoms with E-state index in [9.17, 15) is 81.5 Å². The van der Waals surface area contributed by atoms with Crippen molar-refractivity contribution in [2.45, 2.75) is 260 Å². The van der Waals surface area contributed by atoms with Gasteiger partial charge in [-0.25, -0.2) is 0 Å². The fraction of sp³-hybridized carbons (Fsp3) is 0.750. The van der Waals surface area contributed by atoms with E-state index in [0.29, 0.717) is 6.42 Å². The van der Waals surface area contributed by atoms with Gasteiger partial charge in [-0.3, -0.25) is 81.5 Å². The first-order valence-corrected chi connectivity index (χ1v) is 35.9. The number of ether oxygens (including phenoxy) is 2. The van der Waals surface area contributed by atoms with Crippen LogP contribution in [0.3, 0.4) is 0 Å². The molecule has 0 spiro atoms. The van der Waals surface area contributed by atoms with E-state index < -0.39 is 142 Å². The van der Waals surface area contributed by atoms with Crippen molar-refractivity contribution in [1.82, 2.24) is 26.6 Å². The number of hydrogen-bond donors (Lipinski definition) is 5. The monoisotopic (exact) mass is 1340 g/mol. The molecule has 2 radical (unpaired) electrons. The molecule has 9 atom stereocenters. The number of ketones is 12. The summed E-state index contributed by atoms with van der Waals surface area (Å²) >= 11 is 0. The van der Waals surface area contributed by atoms with Crippen LogP contribution in [-0.4, -0.2) is 176 Å². The van der Waals surface area contributed by atoms with E-state index in [0.717, 1.165) is 0 Å². The van der Waals surface area contributed by atoms with Gasteiger partial charge in [0, 0.05) is 158 Å². The minimum absolute atomic E-state index is 0.000783. The van der Waals surface area contributed by atoms with Gasteiger partial charge in [0.2, 0.25) is 29.5 Å². The molecule has 24 nitrogen and oxygen atoms in total. The van der Waals surface area contributed by atoms with Gasteiger partial charge in [-0.05, 0) is 51.4 Å². The first-order valence-electron chi connectivity index (χ1n) is 33.9. The molecule has 528 valence electrons. The second-order valence-corrected chi connectivity index (χ2v) is 25.9. The Morgan fingerprint density at radius 2 is 0.734 bits per heavy atom. The normalized spacial score (nSPS) is 14.0. The van der Waals surface area contributed by atoms with E-state index in [-0.39, 0.29) is 219 Å². The van der Waals surface area contributed by atoms with Gasteiger partial charge in [0.1, 0.15) is 66.5 Å². The van der Waals surface area contributed by atoms with Crippen LogP contribution in [0.4, 0.5) is 0 Å². The summed E-state index contributed by atoms with van der Waals surface area (Å²) in [5.41, 5.74) is 0. The first kappa shape index (κ1) is 87.8. The Labute approximate surface area is 559 Å². The fourth-order valence-corrected chi connectivity index (χ4v) is 10.9. The fourth-order valence-electron chi connectivity index (χ4n) is 10.1. The number of nitrogens with one attached hydrogen (secondary N) is 5. The van der Waals surface area contributed by atoms with E-state index in [1.54, 1.807) is 69.0 Å². The SMILES string of the molecule is [B]P(C)CC(=O)C(C)CCC(=O)NCCOCCOCC(=O)CC(CCC(=O)NC(CCC(=O)CC(CCC(=O)CC)C(=O)CC)C(=O)CC(CCC(=O)CC)C(=O)CC)C(=O)NC(CCC(=O)NC(CCC(=O)CC)C(=O)CC)C(=O)NC(CCC(=O)CC)C(=O)CC.